The highest BCUT2D eigenvalue weighted by Gasteiger charge is 2.26. The Bertz CT molecular complexity index is 543. The summed E-state index contributed by atoms with van der Waals surface area (Å²) in [4.78, 5) is 4.18. The van der Waals surface area contributed by atoms with Gasteiger partial charge in [0.1, 0.15) is 12.0 Å². The van der Waals surface area contributed by atoms with Crippen molar-refractivity contribution >= 4 is 11.4 Å². The molecule has 0 amide bonds. The van der Waals surface area contributed by atoms with Crippen molar-refractivity contribution < 1.29 is 4.39 Å². The third-order valence-corrected chi connectivity index (χ3v) is 4.79. The summed E-state index contributed by atoms with van der Waals surface area (Å²) in [7, 11) is 4.05. The van der Waals surface area contributed by atoms with E-state index in [4.69, 9.17) is 0 Å². The first-order chi connectivity index (χ1) is 10.1. The van der Waals surface area contributed by atoms with Crippen LogP contribution in [0.4, 0.5) is 15.8 Å². The molecule has 0 bridgehead atoms. The summed E-state index contributed by atoms with van der Waals surface area (Å²) in [6.45, 7) is 4.80. The predicted molar refractivity (Wildman–Crippen MR) is 86.4 cm³/mol. The first-order valence-corrected chi connectivity index (χ1v) is 7.74. The fourth-order valence-corrected chi connectivity index (χ4v) is 3.30. The van der Waals surface area contributed by atoms with E-state index in [1.807, 2.05) is 14.1 Å². The summed E-state index contributed by atoms with van der Waals surface area (Å²) < 4.78 is 13.8. The summed E-state index contributed by atoms with van der Waals surface area (Å²) in [5.41, 5.74) is 3.54. The van der Waals surface area contributed by atoms with Crippen LogP contribution in [-0.2, 0) is 6.54 Å². The number of hydrogen-bond donors (Lipinski definition) is 1. The Kier molecular flexibility index (Phi) is 3.89. The van der Waals surface area contributed by atoms with Gasteiger partial charge in [0.15, 0.2) is 0 Å². The van der Waals surface area contributed by atoms with E-state index in [-0.39, 0.29) is 6.04 Å². The SMILES string of the molecule is C=C1N(C)c2ccc(CNC3CCCCC3F)cc2N1C. The zero-order valence-corrected chi connectivity index (χ0v) is 12.9. The number of anilines is 2. The Morgan fingerprint density at radius 1 is 1.19 bits per heavy atom. The number of fused-ring (bicyclic) bond motifs is 1. The van der Waals surface area contributed by atoms with E-state index in [2.05, 4.69) is 39.9 Å². The Hall–Kier alpha value is -1.55. The molecule has 3 nitrogen and oxygen atoms in total. The van der Waals surface area contributed by atoms with Crippen LogP contribution in [0.3, 0.4) is 0 Å². The number of halogens is 1. The smallest absolute Gasteiger partial charge is 0.115 e. The molecule has 3 rings (SSSR count). The van der Waals surface area contributed by atoms with Crippen LogP contribution in [0.15, 0.2) is 30.6 Å². The molecule has 21 heavy (non-hydrogen) atoms. The number of alkyl halides is 1. The molecule has 1 fully saturated rings. The molecule has 4 heteroatoms. The van der Waals surface area contributed by atoms with Crippen molar-refractivity contribution in [1.29, 1.82) is 0 Å². The van der Waals surface area contributed by atoms with Gasteiger partial charge in [-0.2, -0.15) is 0 Å². The monoisotopic (exact) mass is 289 g/mol. The highest BCUT2D eigenvalue weighted by atomic mass is 19.1. The minimum Gasteiger partial charge on any atom is -0.330 e. The van der Waals surface area contributed by atoms with Crippen molar-refractivity contribution in [2.75, 3.05) is 23.9 Å². The predicted octanol–water partition coefficient (Wildman–Crippen LogP) is 3.41. The number of hydrogen-bond acceptors (Lipinski definition) is 3. The molecule has 1 aliphatic heterocycles. The Labute approximate surface area is 126 Å². The van der Waals surface area contributed by atoms with Gasteiger partial charge < -0.3 is 15.1 Å². The van der Waals surface area contributed by atoms with E-state index in [9.17, 15) is 4.39 Å². The van der Waals surface area contributed by atoms with Crippen molar-refractivity contribution in [3.63, 3.8) is 0 Å². The molecule has 0 aromatic heterocycles. The maximum atomic E-state index is 13.8. The molecule has 0 saturated heterocycles. The van der Waals surface area contributed by atoms with Gasteiger partial charge in [-0.1, -0.05) is 25.5 Å². The fraction of sp³-hybridized carbons (Fsp3) is 0.529. The van der Waals surface area contributed by atoms with Crippen molar-refractivity contribution in [1.82, 2.24) is 5.32 Å². The van der Waals surface area contributed by atoms with Gasteiger partial charge in [-0.15, -0.1) is 0 Å². The first-order valence-electron chi connectivity index (χ1n) is 7.74. The number of nitrogens with one attached hydrogen (secondary N) is 1. The summed E-state index contributed by atoms with van der Waals surface area (Å²) in [5.74, 6) is 0.978. The molecule has 0 radical (unpaired) electrons. The van der Waals surface area contributed by atoms with E-state index >= 15 is 0 Å². The van der Waals surface area contributed by atoms with Crippen molar-refractivity contribution in [3.05, 3.63) is 36.2 Å². The summed E-state index contributed by atoms with van der Waals surface area (Å²) in [6, 6.07) is 6.43. The lowest BCUT2D eigenvalue weighted by Gasteiger charge is -2.27. The molecule has 1 aromatic carbocycles. The number of benzene rings is 1. The Balaban J connectivity index is 1.69. The van der Waals surface area contributed by atoms with E-state index < -0.39 is 6.17 Å². The largest absolute Gasteiger partial charge is 0.330 e. The van der Waals surface area contributed by atoms with Gasteiger partial charge in [0.2, 0.25) is 0 Å². The van der Waals surface area contributed by atoms with Gasteiger partial charge in [0.05, 0.1) is 11.4 Å². The number of nitrogens with zero attached hydrogens (tertiary/aromatic N) is 2. The van der Waals surface area contributed by atoms with Gasteiger partial charge in [-0.25, -0.2) is 4.39 Å². The zero-order chi connectivity index (χ0) is 15.0. The van der Waals surface area contributed by atoms with E-state index in [1.165, 1.54) is 16.9 Å². The molecule has 1 aliphatic carbocycles. The van der Waals surface area contributed by atoms with Crippen LogP contribution in [0, 0.1) is 0 Å². The molecule has 1 heterocycles. The second-order valence-electron chi connectivity index (χ2n) is 6.15. The molecular formula is C17H24FN3. The average Bonchev–Trinajstić information content (AvgIpc) is 2.71. The lowest BCUT2D eigenvalue weighted by molar-refractivity contribution is 0.188. The van der Waals surface area contributed by atoms with Crippen LogP contribution in [0.25, 0.3) is 0 Å². The molecular weight excluding hydrogens is 265 g/mol. The molecule has 1 N–H and O–H groups in total. The average molecular weight is 289 g/mol. The lowest BCUT2D eigenvalue weighted by atomic mass is 9.93. The fourth-order valence-electron chi connectivity index (χ4n) is 3.30. The second kappa shape index (κ2) is 5.68. The number of rotatable bonds is 3. The van der Waals surface area contributed by atoms with Crippen LogP contribution in [0.5, 0.6) is 0 Å². The summed E-state index contributed by atoms with van der Waals surface area (Å²) >= 11 is 0. The van der Waals surface area contributed by atoms with Crippen molar-refractivity contribution in [2.45, 2.75) is 44.4 Å². The standard InChI is InChI=1S/C17H24FN3/c1-12-20(2)16-9-8-13(10-17(16)21(12)3)11-19-15-7-5-4-6-14(15)18/h8-10,14-15,19H,1,4-7,11H2,2-3H3. The zero-order valence-electron chi connectivity index (χ0n) is 12.9. The molecule has 1 saturated carbocycles. The third-order valence-electron chi connectivity index (χ3n) is 4.79. The van der Waals surface area contributed by atoms with E-state index in [0.29, 0.717) is 6.42 Å². The molecule has 1 aromatic rings. The van der Waals surface area contributed by atoms with Gasteiger partial charge in [0.25, 0.3) is 0 Å². The Morgan fingerprint density at radius 3 is 2.67 bits per heavy atom. The van der Waals surface area contributed by atoms with Crippen LogP contribution in [-0.4, -0.2) is 26.3 Å². The molecule has 0 spiro atoms. The van der Waals surface area contributed by atoms with Gasteiger partial charge >= 0.3 is 0 Å². The van der Waals surface area contributed by atoms with Gasteiger partial charge in [-0.05, 0) is 30.5 Å². The van der Waals surface area contributed by atoms with Crippen LogP contribution < -0.4 is 15.1 Å². The maximum Gasteiger partial charge on any atom is 0.115 e. The Morgan fingerprint density at radius 2 is 1.90 bits per heavy atom. The molecule has 2 atom stereocenters. The van der Waals surface area contributed by atoms with Crippen LogP contribution >= 0.6 is 0 Å². The maximum absolute atomic E-state index is 13.8. The topological polar surface area (TPSA) is 18.5 Å². The second-order valence-corrected chi connectivity index (χ2v) is 6.15. The van der Waals surface area contributed by atoms with Gasteiger partial charge in [0, 0.05) is 26.7 Å². The summed E-state index contributed by atoms with van der Waals surface area (Å²) in [6.07, 6.45) is 3.12. The molecule has 2 aliphatic rings. The van der Waals surface area contributed by atoms with E-state index in [0.717, 1.165) is 31.6 Å². The minimum atomic E-state index is -0.693. The normalized spacial score (nSPS) is 25.4. The van der Waals surface area contributed by atoms with Crippen LogP contribution in [0.2, 0.25) is 0 Å². The highest BCUT2D eigenvalue weighted by Crippen LogP contribution is 2.39. The van der Waals surface area contributed by atoms with Crippen LogP contribution in [0.1, 0.15) is 31.2 Å². The lowest BCUT2D eigenvalue weighted by Crippen LogP contribution is -2.39. The quantitative estimate of drug-likeness (QED) is 0.920. The summed E-state index contributed by atoms with van der Waals surface area (Å²) in [5, 5.41) is 3.39. The first kappa shape index (κ1) is 14.4. The van der Waals surface area contributed by atoms with E-state index in [1.54, 1.807) is 0 Å². The van der Waals surface area contributed by atoms with Gasteiger partial charge in [-0.3, -0.25) is 0 Å². The minimum absolute atomic E-state index is 0.0161. The van der Waals surface area contributed by atoms with Crippen molar-refractivity contribution in [3.8, 4) is 0 Å². The molecule has 114 valence electrons. The third kappa shape index (κ3) is 2.64. The van der Waals surface area contributed by atoms with Crippen molar-refractivity contribution in [2.24, 2.45) is 0 Å². The highest BCUT2D eigenvalue weighted by molar-refractivity contribution is 5.82. The molecule has 2 unspecified atom stereocenters.